The van der Waals surface area contributed by atoms with Crippen molar-refractivity contribution < 1.29 is 13.2 Å². The fourth-order valence-electron chi connectivity index (χ4n) is 2.81. The van der Waals surface area contributed by atoms with E-state index in [-0.39, 0.29) is 18.4 Å². The summed E-state index contributed by atoms with van der Waals surface area (Å²) in [7, 11) is -3.41. The Labute approximate surface area is 132 Å². The number of rotatable bonds is 2. The molecule has 3 rings (SSSR count). The number of nitrogens with one attached hydrogen (secondary N) is 1. The van der Waals surface area contributed by atoms with Crippen molar-refractivity contribution in [3.8, 4) is 5.75 Å². The predicted molar refractivity (Wildman–Crippen MR) is 83.7 cm³/mol. The Bertz CT molecular complexity index is 606. The van der Waals surface area contributed by atoms with Crippen LogP contribution < -0.4 is 10.1 Å². The first-order valence-electron chi connectivity index (χ1n) is 7.07. The largest absolute Gasteiger partial charge is 0.493 e. The molecule has 0 saturated carbocycles. The maximum atomic E-state index is 12.7. The Morgan fingerprint density at radius 3 is 2.95 bits per heavy atom. The lowest BCUT2D eigenvalue weighted by molar-refractivity contribution is 0.282. The van der Waals surface area contributed by atoms with Gasteiger partial charge >= 0.3 is 0 Å². The minimum Gasteiger partial charge on any atom is -0.493 e. The minimum absolute atomic E-state index is 0. The van der Waals surface area contributed by atoms with Crippen LogP contribution >= 0.6 is 12.4 Å². The zero-order valence-corrected chi connectivity index (χ0v) is 13.7. The van der Waals surface area contributed by atoms with E-state index in [1.165, 1.54) is 0 Å². The van der Waals surface area contributed by atoms with Gasteiger partial charge in [0.1, 0.15) is 5.75 Å². The number of nitrogens with zero attached hydrogens (tertiary/aromatic N) is 1. The van der Waals surface area contributed by atoms with Crippen molar-refractivity contribution >= 4 is 22.4 Å². The molecule has 1 saturated heterocycles. The summed E-state index contributed by atoms with van der Waals surface area (Å²) in [6, 6.07) is 5.21. The SMILES string of the molecule is CC1CNCCN1S(=O)(=O)c1ccc2c(c1)CCCO2.Cl. The van der Waals surface area contributed by atoms with Crippen LogP contribution in [0.15, 0.2) is 23.1 Å². The van der Waals surface area contributed by atoms with E-state index < -0.39 is 10.0 Å². The molecule has 1 aromatic carbocycles. The molecule has 1 aromatic rings. The Morgan fingerprint density at radius 2 is 2.19 bits per heavy atom. The lowest BCUT2D eigenvalue weighted by Crippen LogP contribution is -2.52. The van der Waals surface area contributed by atoms with Crippen molar-refractivity contribution in [2.24, 2.45) is 0 Å². The molecule has 1 atom stereocenters. The number of hydrogen-bond acceptors (Lipinski definition) is 4. The van der Waals surface area contributed by atoms with Gasteiger partial charge in [0.25, 0.3) is 0 Å². The Hall–Kier alpha value is -0.820. The van der Waals surface area contributed by atoms with E-state index in [1.807, 2.05) is 6.92 Å². The minimum atomic E-state index is -3.41. The molecule has 1 unspecified atom stereocenters. The molecule has 21 heavy (non-hydrogen) atoms. The first-order valence-corrected chi connectivity index (χ1v) is 8.51. The van der Waals surface area contributed by atoms with E-state index in [0.717, 1.165) is 24.2 Å². The average Bonchev–Trinajstić information content (AvgIpc) is 2.47. The van der Waals surface area contributed by atoms with Gasteiger partial charge in [0, 0.05) is 25.7 Å². The van der Waals surface area contributed by atoms with Crippen LogP contribution in [0.3, 0.4) is 0 Å². The summed E-state index contributed by atoms with van der Waals surface area (Å²) in [4.78, 5) is 0.385. The number of hydrogen-bond donors (Lipinski definition) is 1. The van der Waals surface area contributed by atoms with Gasteiger partial charge in [-0.15, -0.1) is 12.4 Å². The van der Waals surface area contributed by atoms with Crippen molar-refractivity contribution in [2.75, 3.05) is 26.2 Å². The average molecular weight is 333 g/mol. The molecule has 2 heterocycles. The number of fused-ring (bicyclic) bond motifs is 1. The van der Waals surface area contributed by atoms with E-state index in [9.17, 15) is 8.42 Å². The van der Waals surface area contributed by atoms with E-state index >= 15 is 0 Å². The molecule has 1 fully saturated rings. The molecular formula is C14H21ClN2O3S. The summed E-state index contributed by atoms with van der Waals surface area (Å²) in [5, 5.41) is 3.21. The van der Waals surface area contributed by atoms with E-state index in [2.05, 4.69) is 5.32 Å². The van der Waals surface area contributed by atoms with Crippen LogP contribution in [-0.4, -0.2) is 45.0 Å². The Balaban J connectivity index is 0.00000161. The van der Waals surface area contributed by atoms with Gasteiger partial charge in [0.05, 0.1) is 11.5 Å². The van der Waals surface area contributed by atoms with Crippen LogP contribution in [0.4, 0.5) is 0 Å². The van der Waals surface area contributed by atoms with Gasteiger partial charge in [-0.25, -0.2) is 8.42 Å². The van der Waals surface area contributed by atoms with Crippen LogP contribution in [0.5, 0.6) is 5.75 Å². The van der Waals surface area contributed by atoms with Crippen molar-refractivity contribution in [3.63, 3.8) is 0 Å². The fraction of sp³-hybridized carbons (Fsp3) is 0.571. The maximum absolute atomic E-state index is 12.7. The summed E-state index contributed by atoms with van der Waals surface area (Å²) >= 11 is 0. The number of ether oxygens (including phenoxy) is 1. The van der Waals surface area contributed by atoms with Crippen LogP contribution in [-0.2, 0) is 16.4 Å². The number of piperazine rings is 1. The summed E-state index contributed by atoms with van der Waals surface area (Å²) in [6.07, 6.45) is 1.83. The molecule has 7 heteroatoms. The van der Waals surface area contributed by atoms with E-state index in [0.29, 0.717) is 31.1 Å². The van der Waals surface area contributed by atoms with Crippen molar-refractivity contribution in [2.45, 2.75) is 30.7 Å². The topological polar surface area (TPSA) is 58.6 Å². The highest BCUT2D eigenvalue weighted by atomic mass is 35.5. The summed E-state index contributed by atoms with van der Waals surface area (Å²) < 4.78 is 32.6. The van der Waals surface area contributed by atoms with E-state index in [1.54, 1.807) is 22.5 Å². The molecule has 0 aromatic heterocycles. The summed E-state index contributed by atoms with van der Waals surface area (Å²) in [6.45, 7) is 4.58. The molecule has 118 valence electrons. The standard InChI is InChI=1S/C14H20N2O3S.ClH/c1-11-10-15-6-7-16(11)20(17,18)13-4-5-14-12(9-13)3-2-8-19-14;/h4-5,9,11,15H,2-3,6-8,10H2,1H3;1H. The van der Waals surface area contributed by atoms with Gasteiger partial charge in [-0.2, -0.15) is 4.31 Å². The molecule has 0 spiro atoms. The van der Waals surface area contributed by atoms with Gasteiger partial charge in [-0.3, -0.25) is 0 Å². The molecule has 0 bridgehead atoms. The third-order valence-electron chi connectivity index (χ3n) is 3.93. The molecule has 0 amide bonds. The van der Waals surface area contributed by atoms with Gasteiger partial charge < -0.3 is 10.1 Å². The highest BCUT2D eigenvalue weighted by Crippen LogP contribution is 2.29. The smallest absolute Gasteiger partial charge is 0.243 e. The summed E-state index contributed by atoms with van der Waals surface area (Å²) in [5.74, 6) is 0.823. The Kier molecular flexibility index (Phi) is 5.14. The van der Waals surface area contributed by atoms with Gasteiger partial charge in [0.2, 0.25) is 10.0 Å². The zero-order valence-electron chi connectivity index (χ0n) is 12.0. The molecule has 2 aliphatic heterocycles. The van der Waals surface area contributed by atoms with Crippen LogP contribution in [0.25, 0.3) is 0 Å². The highest BCUT2D eigenvalue weighted by Gasteiger charge is 2.31. The van der Waals surface area contributed by atoms with Crippen LogP contribution in [0.2, 0.25) is 0 Å². The van der Waals surface area contributed by atoms with Crippen LogP contribution in [0, 0.1) is 0 Å². The molecule has 5 nitrogen and oxygen atoms in total. The van der Waals surface area contributed by atoms with Gasteiger partial charge in [0.15, 0.2) is 0 Å². The Morgan fingerprint density at radius 1 is 1.38 bits per heavy atom. The quantitative estimate of drug-likeness (QED) is 0.889. The molecular weight excluding hydrogens is 312 g/mol. The second-order valence-electron chi connectivity index (χ2n) is 5.39. The van der Waals surface area contributed by atoms with E-state index in [4.69, 9.17) is 4.74 Å². The lowest BCUT2D eigenvalue weighted by Gasteiger charge is -2.33. The second kappa shape index (κ2) is 6.52. The molecule has 0 aliphatic carbocycles. The second-order valence-corrected chi connectivity index (χ2v) is 7.28. The number of halogens is 1. The van der Waals surface area contributed by atoms with Crippen molar-refractivity contribution in [3.05, 3.63) is 23.8 Å². The fourth-order valence-corrected chi connectivity index (χ4v) is 4.49. The first-order chi connectivity index (χ1) is 9.59. The summed E-state index contributed by atoms with van der Waals surface area (Å²) in [5.41, 5.74) is 1.00. The van der Waals surface area contributed by atoms with Crippen molar-refractivity contribution in [1.29, 1.82) is 0 Å². The highest BCUT2D eigenvalue weighted by molar-refractivity contribution is 7.89. The first kappa shape index (κ1) is 16.5. The molecule has 1 N–H and O–H groups in total. The van der Waals surface area contributed by atoms with Crippen LogP contribution in [0.1, 0.15) is 18.9 Å². The number of sulfonamides is 1. The third kappa shape index (κ3) is 3.18. The maximum Gasteiger partial charge on any atom is 0.243 e. The predicted octanol–water partition coefficient (Wildman–Crippen LogP) is 1.42. The molecule has 2 aliphatic rings. The zero-order chi connectivity index (χ0) is 14.2. The van der Waals surface area contributed by atoms with Gasteiger partial charge in [-0.05, 0) is 43.5 Å². The monoisotopic (exact) mass is 332 g/mol. The normalized spacial score (nSPS) is 22.8. The lowest BCUT2D eigenvalue weighted by atomic mass is 10.1. The van der Waals surface area contributed by atoms with Crippen molar-refractivity contribution in [1.82, 2.24) is 9.62 Å². The number of benzene rings is 1. The molecule has 0 radical (unpaired) electrons. The third-order valence-corrected chi connectivity index (χ3v) is 5.94. The number of aryl methyl sites for hydroxylation is 1. The van der Waals surface area contributed by atoms with Gasteiger partial charge in [-0.1, -0.05) is 0 Å².